The van der Waals surface area contributed by atoms with Crippen molar-refractivity contribution in [1.29, 1.82) is 0 Å². The Morgan fingerprint density at radius 1 is 1.00 bits per heavy atom. The van der Waals surface area contributed by atoms with Crippen LogP contribution < -0.4 is 4.74 Å². The summed E-state index contributed by atoms with van der Waals surface area (Å²) in [5.41, 5.74) is 2.17. The van der Waals surface area contributed by atoms with E-state index in [1.807, 2.05) is 54.6 Å². The van der Waals surface area contributed by atoms with Gasteiger partial charge in [0.05, 0.1) is 6.42 Å². The highest BCUT2D eigenvalue weighted by molar-refractivity contribution is 5.35. The number of rotatable bonds is 4. The highest BCUT2D eigenvalue weighted by Crippen LogP contribution is 2.14. The maximum atomic E-state index is 5.66. The fourth-order valence-electron chi connectivity index (χ4n) is 1.50. The Hall–Kier alpha value is -2.20. The molecule has 0 atom stereocenters. The first-order chi connectivity index (χ1) is 8.38. The lowest BCUT2D eigenvalue weighted by atomic mass is 10.1. The van der Waals surface area contributed by atoms with Crippen LogP contribution in [0, 0.1) is 18.8 Å². The van der Waals surface area contributed by atoms with Crippen LogP contribution in [-0.2, 0) is 6.61 Å². The third-order valence-corrected chi connectivity index (χ3v) is 2.38. The molecule has 2 rings (SSSR count). The van der Waals surface area contributed by atoms with E-state index in [4.69, 9.17) is 11.2 Å². The quantitative estimate of drug-likeness (QED) is 0.718. The molecule has 1 nitrogen and oxygen atoms in total. The van der Waals surface area contributed by atoms with Crippen LogP contribution in [-0.4, -0.2) is 0 Å². The second-order valence-corrected chi connectivity index (χ2v) is 3.65. The molecule has 17 heavy (non-hydrogen) atoms. The van der Waals surface area contributed by atoms with Crippen LogP contribution in [0.4, 0.5) is 0 Å². The van der Waals surface area contributed by atoms with Crippen molar-refractivity contribution in [3.8, 4) is 18.1 Å². The molecular weight excluding hydrogens is 208 g/mol. The Morgan fingerprint density at radius 2 is 1.71 bits per heavy atom. The molecule has 0 aliphatic rings. The molecule has 0 heterocycles. The van der Waals surface area contributed by atoms with Crippen molar-refractivity contribution in [3.05, 3.63) is 72.1 Å². The molecule has 0 saturated carbocycles. The van der Waals surface area contributed by atoms with Crippen LogP contribution >= 0.6 is 0 Å². The molecule has 2 aromatic rings. The Kier molecular flexibility index (Phi) is 3.83. The van der Waals surface area contributed by atoms with E-state index >= 15 is 0 Å². The van der Waals surface area contributed by atoms with Crippen molar-refractivity contribution in [3.63, 3.8) is 0 Å². The Bertz CT molecular complexity index is 491. The van der Waals surface area contributed by atoms with E-state index < -0.39 is 0 Å². The van der Waals surface area contributed by atoms with Gasteiger partial charge in [-0.2, -0.15) is 0 Å². The summed E-state index contributed by atoms with van der Waals surface area (Å²) in [7, 11) is 0. The van der Waals surface area contributed by atoms with E-state index in [1.165, 1.54) is 0 Å². The summed E-state index contributed by atoms with van der Waals surface area (Å²) in [5.74, 6) is 3.35. The summed E-state index contributed by atoms with van der Waals surface area (Å²) < 4.78 is 5.66. The van der Waals surface area contributed by atoms with Gasteiger partial charge in [0.25, 0.3) is 0 Å². The summed E-state index contributed by atoms with van der Waals surface area (Å²) in [6.07, 6.45) is 6.92. The highest BCUT2D eigenvalue weighted by atomic mass is 16.5. The van der Waals surface area contributed by atoms with Crippen LogP contribution in [0.15, 0.2) is 54.6 Å². The number of terminal acetylenes is 1. The average Bonchev–Trinajstić information content (AvgIpc) is 2.40. The molecule has 0 amide bonds. The number of ether oxygens (including phenoxy) is 1. The van der Waals surface area contributed by atoms with Crippen LogP contribution in [0.2, 0.25) is 0 Å². The highest BCUT2D eigenvalue weighted by Gasteiger charge is 1.96. The summed E-state index contributed by atoms with van der Waals surface area (Å²) >= 11 is 0. The molecule has 0 bridgehead atoms. The van der Waals surface area contributed by atoms with Crippen molar-refractivity contribution in [2.75, 3.05) is 0 Å². The molecule has 1 heteroatoms. The molecule has 0 aliphatic heterocycles. The van der Waals surface area contributed by atoms with Crippen molar-refractivity contribution in [2.24, 2.45) is 0 Å². The molecule has 0 unspecified atom stereocenters. The van der Waals surface area contributed by atoms with Crippen LogP contribution in [0.3, 0.4) is 0 Å². The topological polar surface area (TPSA) is 9.23 Å². The third kappa shape index (κ3) is 3.39. The SMILES string of the molecule is C#C[CH]c1ccc(OCc2ccccc2)cc1. The van der Waals surface area contributed by atoms with Gasteiger partial charge in [-0.1, -0.05) is 48.4 Å². The number of benzene rings is 2. The zero-order valence-electron chi connectivity index (χ0n) is 9.47. The molecule has 0 N–H and O–H groups in total. The predicted octanol–water partition coefficient (Wildman–Crippen LogP) is 3.45. The van der Waals surface area contributed by atoms with Gasteiger partial charge in [0, 0.05) is 0 Å². The normalized spacial score (nSPS) is 9.59. The lowest BCUT2D eigenvalue weighted by molar-refractivity contribution is 0.306. The van der Waals surface area contributed by atoms with Gasteiger partial charge in [0.2, 0.25) is 0 Å². The minimum absolute atomic E-state index is 0.582. The van der Waals surface area contributed by atoms with Gasteiger partial charge in [0.15, 0.2) is 0 Å². The first kappa shape index (κ1) is 11.3. The summed E-state index contributed by atoms with van der Waals surface area (Å²) in [4.78, 5) is 0. The fourth-order valence-corrected chi connectivity index (χ4v) is 1.50. The lowest BCUT2D eigenvalue weighted by Crippen LogP contribution is -1.94. The molecular formula is C16H13O. The molecule has 0 spiro atoms. The zero-order valence-corrected chi connectivity index (χ0v) is 9.47. The average molecular weight is 221 g/mol. The van der Waals surface area contributed by atoms with Crippen molar-refractivity contribution < 1.29 is 4.74 Å². The van der Waals surface area contributed by atoms with E-state index in [0.29, 0.717) is 6.61 Å². The maximum Gasteiger partial charge on any atom is 0.119 e. The predicted molar refractivity (Wildman–Crippen MR) is 69.5 cm³/mol. The van der Waals surface area contributed by atoms with Gasteiger partial charge in [-0.3, -0.25) is 0 Å². The van der Waals surface area contributed by atoms with Gasteiger partial charge in [-0.25, -0.2) is 0 Å². The van der Waals surface area contributed by atoms with E-state index in [0.717, 1.165) is 16.9 Å². The van der Waals surface area contributed by atoms with E-state index in [9.17, 15) is 0 Å². The summed E-state index contributed by atoms with van der Waals surface area (Å²) in [6.45, 7) is 0.582. The van der Waals surface area contributed by atoms with Crippen LogP contribution in [0.25, 0.3) is 0 Å². The van der Waals surface area contributed by atoms with E-state index in [2.05, 4.69) is 5.92 Å². The Morgan fingerprint density at radius 3 is 2.35 bits per heavy atom. The first-order valence-electron chi connectivity index (χ1n) is 5.44. The summed E-state index contributed by atoms with van der Waals surface area (Å²) in [6, 6.07) is 17.8. The van der Waals surface area contributed by atoms with Gasteiger partial charge < -0.3 is 4.74 Å². The van der Waals surface area contributed by atoms with Gasteiger partial charge in [-0.05, 0) is 23.3 Å². The monoisotopic (exact) mass is 221 g/mol. The maximum absolute atomic E-state index is 5.66. The Balaban J connectivity index is 1.94. The van der Waals surface area contributed by atoms with Crippen molar-refractivity contribution >= 4 is 0 Å². The standard InChI is InChI=1S/C16H13O/c1-2-6-14-9-11-16(12-10-14)17-13-15-7-4-3-5-8-15/h1,3-12H,13H2. The van der Waals surface area contributed by atoms with Gasteiger partial charge in [-0.15, -0.1) is 6.42 Å². The molecule has 0 saturated heterocycles. The van der Waals surface area contributed by atoms with E-state index in [1.54, 1.807) is 6.42 Å². The lowest BCUT2D eigenvalue weighted by Gasteiger charge is -2.06. The minimum Gasteiger partial charge on any atom is -0.489 e. The number of hydrogen-bond donors (Lipinski definition) is 0. The first-order valence-corrected chi connectivity index (χ1v) is 5.44. The smallest absolute Gasteiger partial charge is 0.119 e. The molecule has 0 aromatic heterocycles. The molecule has 2 aromatic carbocycles. The third-order valence-electron chi connectivity index (χ3n) is 2.38. The van der Waals surface area contributed by atoms with Crippen LogP contribution in [0.1, 0.15) is 11.1 Å². The molecule has 0 fully saturated rings. The van der Waals surface area contributed by atoms with Crippen molar-refractivity contribution in [2.45, 2.75) is 6.61 Å². The minimum atomic E-state index is 0.582. The van der Waals surface area contributed by atoms with Crippen molar-refractivity contribution in [1.82, 2.24) is 0 Å². The second-order valence-electron chi connectivity index (χ2n) is 3.65. The zero-order chi connectivity index (χ0) is 11.9. The van der Waals surface area contributed by atoms with E-state index in [-0.39, 0.29) is 0 Å². The molecule has 83 valence electrons. The molecule has 1 radical (unpaired) electrons. The van der Waals surface area contributed by atoms with Gasteiger partial charge >= 0.3 is 0 Å². The second kappa shape index (κ2) is 5.77. The van der Waals surface area contributed by atoms with Gasteiger partial charge in [0.1, 0.15) is 12.4 Å². The van der Waals surface area contributed by atoms with Crippen LogP contribution in [0.5, 0.6) is 5.75 Å². The number of hydrogen-bond acceptors (Lipinski definition) is 1. The Labute approximate surface area is 102 Å². The summed E-state index contributed by atoms with van der Waals surface area (Å²) in [5, 5.41) is 0. The molecule has 0 aliphatic carbocycles. The fraction of sp³-hybridized carbons (Fsp3) is 0.0625. The largest absolute Gasteiger partial charge is 0.489 e.